The number of esters is 1. The third-order valence-electron chi connectivity index (χ3n) is 2.35. The Morgan fingerprint density at radius 1 is 1.47 bits per heavy atom. The molecule has 0 aromatic heterocycles. The molecule has 1 N–H and O–H groups in total. The van der Waals surface area contributed by atoms with Crippen LogP contribution in [0.4, 0.5) is 0 Å². The summed E-state index contributed by atoms with van der Waals surface area (Å²) in [5.41, 5.74) is 0.951. The van der Waals surface area contributed by atoms with Crippen molar-refractivity contribution in [1.82, 2.24) is 5.32 Å². The summed E-state index contributed by atoms with van der Waals surface area (Å²) in [6, 6.07) is 9.59. The summed E-state index contributed by atoms with van der Waals surface area (Å²) in [4.78, 5) is 11.7. The highest BCUT2D eigenvalue weighted by Gasteiger charge is 2.20. The standard InChI is InChI=1S/C13H16BrNO2/c1-10(14)8-15-9-12(13(16)17-2)11-6-4-3-5-7-11/h3-7,12,15H,1,8-9H2,2H3. The highest BCUT2D eigenvalue weighted by molar-refractivity contribution is 9.11. The van der Waals surface area contributed by atoms with Gasteiger partial charge in [0.15, 0.2) is 0 Å². The first-order valence-electron chi connectivity index (χ1n) is 5.32. The van der Waals surface area contributed by atoms with Crippen molar-refractivity contribution >= 4 is 21.9 Å². The average molecular weight is 298 g/mol. The highest BCUT2D eigenvalue weighted by Crippen LogP contribution is 2.16. The molecule has 4 heteroatoms. The van der Waals surface area contributed by atoms with E-state index in [4.69, 9.17) is 4.74 Å². The molecule has 0 aliphatic carbocycles. The summed E-state index contributed by atoms with van der Waals surface area (Å²) in [5.74, 6) is -0.517. The van der Waals surface area contributed by atoms with Gasteiger partial charge in [-0.25, -0.2) is 0 Å². The van der Waals surface area contributed by atoms with Crippen molar-refractivity contribution in [3.05, 3.63) is 47.0 Å². The molecular weight excluding hydrogens is 282 g/mol. The largest absolute Gasteiger partial charge is 0.469 e. The Morgan fingerprint density at radius 2 is 2.12 bits per heavy atom. The van der Waals surface area contributed by atoms with Gasteiger partial charge < -0.3 is 10.1 Å². The van der Waals surface area contributed by atoms with Crippen LogP contribution in [0.3, 0.4) is 0 Å². The average Bonchev–Trinajstić information content (AvgIpc) is 2.34. The topological polar surface area (TPSA) is 38.3 Å². The van der Waals surface area contributed by atoms with E-state index in [1.807, 2.05) is 30.3 Å². The summed E-state index contributed by atoms with van der Waals surface area (Å²) < 4.78 is 5.67. The molecule has 0 aliphatic heterocycles. The molecule has 0 saturated carbocycles. The van der Waals surface area contributed by atoms with Crippen LogP contribution in [-0.2, 0) is 9.53 Å². The van der Waals surface area contributed by atoms with Crippen LogP contribution in [0.5, 0.6) is 0 Å². The van der Waals surface area contributed by atoms with Gasteiger partial charge in [0.05, 0.1) is 13.0 Å². The van der Waals surface area contributed by atoms with Crippen molar-refractivity contribution in [3.8, 4) is 0 Å². The second-order valence-corrected chi connectivity index (χ2v) is 4.76. The molecule has 92 valence electrons. The number of methoxy groups -OCH3 is 1. The number of benzene rings is 1. The predicted molar refractivity (Wildman–Crippen MR) is 72.1 cm³/mol. The van der Waals surface area contributed by atoms with Gasteiger partial charge in [-0.2, -0.15) is 0 Å². The van der Waals surface area contributed by atoms with Gasteiger partial charge in [0.1, 0.15) is 0 Å². The van der Waals surface area contributed by atoms with Crippen LogP contribution in [0.1, 0.15) is 11.5 Å². The fourth-order valence-electron chi connectivity index (χ4n) is 1.52. The van der Waals surface area contributed by atoms with Gasteiger partial charge in [0.2, 0.25) is 0 Å². The summed E-state index contributed by atoms with van der Waals surface area (Å²) >= 11 is 3.26. The minimum absolute atomic E-state index is 0.233. The van der Waals surface area contributed by atoms with Crippen molar-refractivity contribution in [1.29, 1.82) is 0 Å². The zero-order valence-corrected chi connectivity index (χ0v) is 11.4. The van der Waals surface area contributed by atoms with Gasteiger partial charge in [-0.3, -0.25) is 4.79 Å². The molecule has 3 nitrogen and oxygen atoms in total. The second kappa shape index (κ2) is 7.25. The van der Waals surface area contributed by atoms with E-state index in [0.29, 0.717) is 13.1 Å². The monoisotopic (exact) mass is 297 g/mol. The van der Waals surface area contributed by atoms with E-state index in [0.717, 1.165) is 10.0 Å². The first-order valence-corrected chi connectivity index (χ1v) is 6.11. The number of ether oxygens (including phenoxy) is 1. The number of carbonyl (C=O) groups is 1. The molecule has 0 bridgehead atoms. The molecule has 1 rings (SSSR count). The lowest BCUT2D eigenvalue weighted by molar-refractivity contribution is -0.142. The van der Waals surface area contributed by atoms with Crippen LogP contribution in [0, 0.1) is 0 Å². The molecule has 0 aliphatic rings. The Labute approximate surface area is 110 Å². The predicted octanol–water partition coefficient (Wildman–Crippen LogP) is 2.44. The molecule has 0 saturated heterocycles. The second-order valence-electron chi connectivity index (χ2n) is 3.63. The number of carbonyl (C=O) groups excluding carboxylic acids is 1. The molecular formula is C13H16BrNO2. The normalized spacial score (nSPS) is 11.9. The maximum absolute atomic E-state index is 11.7. The molecule has 1 aromatic carbocycles. The maximum atomic E-state index is 11.7. The van der Waals surface area contributed by atoms with Crippen LogP contribution < -0.4 is 5.32 Å². The van der Waals surface area contributed by atoms with Crippen molar-refractivity contribution in [2.24, 2.45) is 0 Å². The molecule has 1 atom stereocenters. The Balaban J connectivity index is 2.68. The van der Waals surface area contributed by atoms with Gasteiger partial charge in [0.25, 0.3) is 0 Å². The lowest BCUT2D eigenvalue weighted by atomic mass is 9.99. The molecule has 0 heterocycles. The molecule has 0 spiro atoms. The molecule has 1 aromatic rings. The van der Waals surface area contributed by atoms with E-state index in [1.165, 1.54) is 7.11 Å². The molecule has 1 unspecified atom stereocenters. The van der Waals surface area contributed by atoms with Gasteiger partial charge in [-0.05, 0) is 5.56 Å². The lowest BCUT2D eigenvalue weighted by Crippen LogP contribution is -2.28. The molecule has 0 amide bonds. The quantitative estimate of drug-likeness (QED) is 0.820. The van der Waals surface area contributed by atoms with Crippen molar-refractivity contribution < 1.29 is 9.53 Å². The number of hydrogen-bond donors (Lipinski definition) is 1. The summed E-state index contributed by atoms with van der Waals surface area (Å²) in [6.45, 7) is 4.88. The highest BCUT2D eigenvalue weighted by atomic mass is 79.9. The van der Waals surface area contributed by atoms with E-state index in [2.05, 4.69) is 27.8 Å². The number of hydrogen-bond acceptors (Lipinski definition) is 3. The first-order chi connectivity index (χ1) is 8.15. The van der Waals surface area contributed by atoms with E-state index in [-0.39, 0.29) is 11.9 Å². The Kier molecular flexibility index (Phi) is 5.94. The summed E-state index contributed by atoms with van der Waals surface area (Å²) in [6.07, 6.45) is 0. The van der Waals surface area contributed by atoms with Gasteiger partial charge >= 0.3 is 5.97 Å². The third-order valence-corrected chi connectivity index (χ3v) is 2.63. The third kappa shape index (κ3) is 4.71. The minimum atomic E-state index is -0.284. The number of rotatable bonds is 6. The van der Waals surface area contributed by atoms with Gasteiger partial charge in [-0.15, -0.1) is 0 Å². The van der Waals surface area contributed by atoms with E-state index in [1.54, 1.807) is 0 Å². The SMILES string of the molecule is C=C(Br)CNCC(C(=O)OC)c1ccccc1. The van der Waals surface area contributed by atoms with E-state index in [9.17, 15) is 4.79 Å². The fraction of sp³-hybridized carbons (Fsp3) is 0.308. The van der Waals surface area contributed by atoms with Crippen LogP contribution in [0.2, 0.25) is 0 Å². The molecule has 0 fully saturated rings. The van der Waals surface area contributed by atoms with Crippen molar-refractivity contribution in [2.45, 2.75) is 5.92 Å². The first kappa shape index (κ1) is 13.9. The maximum Gasteiger partial charge on any atom is 0.314 e. The minimum Gasteiger partial charge on any atom is -0.469 e. The van der Waals surface area contributed by atoms with Crippen LogP contribution >= 0.6 is 15.9 Å². The van der Waals surface area contributed by atoms with Gasteiger partial charge in [-0.1, -0.05) is 52.8 Å². The van der Waals surface area contributed by atoms with Crippen LogP contribution in [0.15, 0.2) is 41.4 Å². The summed E-state index contributed by atoms with van der Waals surface area (Å²) in [5, 5.41) is 3.15. The van der Waals surface area contributed by atoms with Crippen molar-refractivity contribution in [3.63, 3.8) is 0 Å². The number of nitrogens with one attached hydrogen (secondary N) is 1. The van der Waals surface area contributed by atoms with Crippen LogP contribution in [-0.4, -0.2) is 26.2 Å². The Bertz CT molecular complexity index is 378. The zero-order chi connectivity index (χ0) is 12.7. The molecule has 0 radical (unpaired) electrons. The van der Waals surface area contributed by atoms with E-state index < -0.39 is 0 Å². The summed E-state index contributed by atoms with van der Waals surface area (Å²) in [7, 11) is 1.40. The fourth-order valence-corrected chi connectivity index (χ4v) is 1.72. The van der Waals surface area contributed by atoms with E-state index >= 15 is 0 Å². The lowest BCUT2D eigenvalue weighted by Gasteiger charge is -2.15. The Morgan fingerprint density at radius 3 is 2.65 bits per heavy atom. The Hall–Kier alpha value is -1.13. The number of halogens is 1. The van der Waals surface area contributed by atoms with Crippen LogP contribution in [0.25, 0.3) is 0 Å². The smallest absolute Gasteiger partial charge is 0.314 e. The molecule has 17 heavy (non-hydrogen) atoms. The zero-order valence-electron chi connectivity index (χ0n) is 9.78. The van der Waals surface area contributed by atoms with Gasteiger partial charge in [0, 0.05) is 17.6 Å². The van der Waals surface area contributed by atoms with Crippen molar-refractivity contribution in [2.75, 3.05) is 20.2 Å².